The van der Waals surface area contributed by atoms with Gasteiger partial charge in [-0.3, -0.25) is 9.29 Å². The number of nitrogens with one attached hydrogen (secondary N) is 1. The van der Waals surface area contributed by atoms with Crippen molar-refractivity contribution < 1.29 is 22.6 Å². The number of methoxy groups -OCH3 is 2. The molecule has 3 aromatic heterocycles. The molecular weight excluding hydrogens is 510 g/mol. The summed E-state index contributed by atoms with van der Waals surface area (Å²) >= 11 is 5.87. The van der Waals surface area contributed by atoms with E-state index in [4.69, 9.17) is 25.8 Å². The lowest BCUT2D eigenvalue weighted by Gasteiger charge is -2.25. The molecule has 0 bridgehead atoms. The molecule has 194 valence electrons. The standard InChI is InChI=1S/C22H28ClN7O5S/c1-14(19(34-3)20-24-10-16(23)11-25-20)36(31,32)29-22-28-27-21(17-7-4-8-18(26-17)33-2)30(22)12-15-6-5-9-35-13-15/h4,7-8,10-11,14-15,19H,5-6,9,12-13H2,1-3H3,(H,28,29)/t14-,15+,19-/m0/s1. The zero-order valence-electron chi connectivity index (χ0n) is 20.2. The first-order chi connectivity index (χ1) is 17.3. The molecule has 0 amide bonds. The van der Waals surface area contributed by atoms with Crippen molar-refractivity contribution in [3.05, 3.63) is 41.4 Å². The largest absolute Gasteiger partial charge is 0.481 e. The van der Waals surface area contributed by atoms with Gasteiger partial charge in [-0.05, 0) is 25.8 Å². The van der Waals surface area contributed by atoms with E-state index < -0.39 is 21.4 Å². The third-order valence-electron chi connectivity index (χ3n) is 5.91. The van der Waals surface area contributed by atoms with Crippen molar-refractivity contribution in [3.8, 4) is 17.4 Å². The summed E-state index contributed by atoms with van der Waals surface area (Å²) in [4.78, 5) is 12.7. The molecule has 1 saturated heterocycles. The average Bonchev–Trinajstić information content (AvgIpc) is 3.27. The molecule has 36 heavy (non-hydrogen) atoms. The Bertz CT molecular complexity index is 1270. The van der Waals surface area contributed by atoms with Gasteiger partial charge in [0.25, 0.3) is 0 Å². The molecule has 0 saturated carbocycles. The van der Waals surface area contributed by atoms with Crippen molar-refractivity contribution in [2.45, 2.75) is 37.7 Å². The van der Waals surface area contributed by atoms with E-state index in [1.165, 1.54) is 33.5 Å². The monoisotopic (exact) mass is 537 g/mol. The second kappa shape index (κ2) is 11.5. The van der Waals surface area contributed by atoms with Gasteiger partial charge in [0.2, 0.25) is 21.9 Å². The minimum atomic E-state index is -4.02. The van der Waals surface area contributed by atoms with Gasteiger partial charge >= 0.3 is 0 Å². The van der Waals surface area contributed by atoms with Crippen LogP contribution >= 0.6 is 11.6 Å². The van der Waals surface area contributed by atoms with Gasteiger partial charge in [0.15, 0.2) is 11.6 Å². The van der Waals surface area contributed by atoms with Crippen LogP contribution in [0.15, 0.2) is 30.6 Å². The van der Waals surface area contributed by atoms with Gasteiger partial charge in [0, 0.05) is 44.6 Å². The average molecular weight is 538 g/mol. The molecule has 1 aliphatic heterocycles. The molecule has 14 heteroatoms. The van der Waals surface area contributed by atoms with Gasteiger partial charge in [-0.15, -0.1) is 10.2 Å². The summed E-state index contributed by atoms with van der Waals surface area (Å²) < 4.78 is 47.4. The molecule has 0 aliphatic carbocycles. The van der Waals surface area contributed by atoms with Crippen LogP contribution in [0.1, 0.15) is 31.7 Å². The van der Waals surface area contributed by atoms with Gasteiger partial charge < -0.3 is 14.2 Å². The van der Waals surface area contributed by atoms with E-state index in [2.05, 4.69) is 29.9 Å². The smallest absolute Gasteiger partial charge is 0.240 e. The Kier molecular flexibility index (Phi) is 8.34. The lowest BCUT2D eigenvalue weighted by molar-refractivity contribution is 0.0487. The molecule has 4 heterocycles. The Morgan fingerprint density at radius 2 is 2.03 bits per heavy atom. The molecule has 3 atom stereocenters. The van der Waals surface area contributed by atoms with Crippen molar-refractivity contribution >= 4 is 27.6 Å². The Morgan fingerprint density at radius 1 is 1.25 bits per heavy atom. The van der Waals surface area contributed by atoms with Gasteiger partial charge in [-0.2, -0.15) is 0 Å². The number of hydrogen-bond donors (Lipinski definition) is 1. The van der Waals surface area contributed by atoms with Crippen LogP contribution in [-0.4, -0.2) is 70.8 Å². The quantitative estimate of drug-likeness (QED) is 0.410. The highest BCUT2D eigenvalue weighted by molar-refractivity contribution is 7.93. The lowest BCUT2D eigenvalue weighted by atomic mass is 10.0. The highest BCUT2D eigenvalue weighted by Crippen LogP contribution is 2.28. The van der Waals surface area contributed by atoms with E-state index >= 15 is 0 Å². The van der Waals surface area contributed by atoms with Crippen LogP contribution in [0.3, 0.4) is 0 Å². The van der Waals surface area contributed by atoms with Crippen LogP contribution < -0.4 is 9.46 Å². The van der Waals surface area contributed by atoms with Crippen molar-refractivity contribution in [2.75, 3.05) is 32.2 Å². The van der Waals surface area contributed by atoms with Crippen molar-refractivity contribution in [3.63, 3.8) is 0 Å². The molecule has 1 fully saturated rings. The van der Waals surface area contributed by atoms with Crippen LogP contribution in [0.25, 0.3) is 11.5 Å². The minimum absolute atomic E-state index is 0.0684. The summed E-state index contributed by atoms with van der Waals surface area (Å²) in [6.07, 6.45) is 3.69. The van der Waals surface area contributed by atoms with Crippen LogP contribution in [0.4, 0.5) is 5.95 Å². The fourth-order valence-electron chi connectivity index (χ4n) is 3.96. The van der Waals surface area contributed by atoms with E-state index in [0.29, 0.717) is 42.2 Å². The van der Waals surface area contributed by atoms with E-state index in [-0.39, 0.29) is 17.7 Å². The highest BCUT2D eigenvalue weighted by Gasteiger charge is 2.34. The molecule has 0 radical (unpaired) electrons. The zero-order valence-corrected chi connectivity index (χ0v) is 21.7. The summed E-state index contributed by atoms with van der Waals surface area (Å²) in [5.74, 6) is 1.24. The third kappa shape index (κ3) is 5.91. The SMILES string of the molecule is COc1cccc(-c2nnc(NS(=O)(=O)[C@@H](C)[C@H](OC)c3ncc(Cl)cn3)n2C[C@H]2CCCOC2)n1. The Balaban J connectivity index is 1.66. The molecule has 0 spiro atoms. The molecule has 3 aromatic rings. The number of nitrogens with zero attached hydrogens (tertiary/aromatic N) is 6. The van der Waals surface area contributed by atoms with E-state index in [1.807, 2.05) is 0 Å². The van der Waals surface area contributed by atoms with Crippen LogP contribution in [0.5, 0.6) is 5.88 Å². The van der Waals surface area contributed by atoms with Gasteiger partial charge in [-0.1, -0.05) is 17.7 Å². The summed E-state index contributed by atoms with van der Waals surface area (Å²) in [6, 6.07) is 5.26. The summed E-state index contributed by atoms with van der Waals surface area (Å²) in [5, 5.41) is 7.69. The number of ether oxygens (including phenoxy) is 3. The van der Waals surface area contributed by atoms with E-state index in [0.717, 1.165) is 12.8 Å². The van der Waals surface area contributed by atoms with Crippen LogP contribution in [-0.2, 0) is 26.0 Å². The minimum Gasteiger partial charge on any atom is -0.481 e. The van der Waals surface area contributed by atoms with Gasteiger partial charge in [-0.25, -0.2) is 23.4 Å². The number of hydrogen-bond acceptors (Lipinski definition) is 10. The van der Waals surface area contributed by atoms with E-state index in [9.17, 15) is 8.42 Å². The molecule has 12 nitrogen and oxygen atoms in total. The summed E-state index contributed by atoms with van der Waals surface area (Å²) in [6.45, 7) is 3.23. The Hall–Kier alpha value is -2.87. The first kappa shape index (κ1) is 26.2. The number of aromatic nitrogens is 6. The number of sulfonamides is 1. The predicted molar refractivity (Wildman–Crippen MR) is 132 cm³/mol. The maximum Gasteiger partial charge on any atom is 0.240 e. The first-order valence-corrected chi connectivity index (χ1v) is 13.3. The first-order valence-electron chi connectivity index (χ1n) is 11.4. The van der Waals surface area contributed by atoms with Crippen LogP contribution in [0.2, 0.25) is 5.02 Å². The van der Waals surface area contributed by atoms with Crippen molar-refractivity contribution in [1.82, 2.24) is 29.7 Å². The topological polar surface area (TPSA) is 143 Å². The third-order valence-corrected chi connectivity index (χ3v) is 7.79. The number of rotatable bonds is 10. The van der Waals surface area contributed by atoms with Gasteiger partial charge in [0.05, 0.1) is 18.7 Å². The molecular formula is C22H28ClN7O5S. The Labute approximate surface area is 214 Å². The summed E-state index contributed by atoms with van der Waals surface area (Å²) in [5.41, 5.74) is 0.501. The fraction of sp³-hybridized carbons (Fsp3) is 0.500. The molecule has 1 N–H and O–H groups in total. The molecule has 4 rings (SSSR count). The maximum absolute atomic E-state index is 13.4. The highest BCUT2D eigenvalue weighted by atomic mass is 35.5. The number of halogens is 1. The molecule has 0 unspecified atom stereocenters. The van der Waals surface area contributed by atoms with E-state index in [1.54, 1.807) is 22.8 Å². The van der Waals surface area contributed by atoms with Crippen molar-refractivity contribution in [1.29, 1.82) is 0 Å². The normalized spacial score (nSPS) is 17.9. The lowest BCUT2D eigenvalue weighted by Crippen LogP contribution is -2.34. The number of pyridine rings is 1. The second-order valence-corrected chi connectivity index (χ2v) is 10.8. The van der Waals surface area contributed by atoms with Crippen LogP contribution in [0, 0.1) is 5.92 Å². The van der Waals surface area contributed by atoms with Gasteiger partial charge in [0.1, 0.15) is 17.0 Å². The van der Waals surface area contributed by atoms with Crippen molar-refractivity contribution in [2.24, 2.45) is 5.92 Å². The molecule has 0 aromatic carbocycles. The second-order valence-electron chi connectivity index (χ2n) is 8.37. The predicted octanol–water partition coefficient (Wildman–Crippen LogP) is 2.74. The molecule has 1 aliphatic rings. The maximum atomic E-state index is 13.4. The number of anilines is 1. The Morgan fingerprint density at radius 3 is 2.69 bits per heavy atom. The fourth-order valence-corrected chi connectivity index (χ4v) is 5.21. The summed E-state index contributed by atoms with van der Waals surface area (Å²) in [7, 11) is -1.10. The zero-order chi connectivity index (χ0) is 25.7.